The molecule has 22 heavy (non-hydrogen) atoms. The van der Waals surface area contributed by atoms with Crippen molar-refractivity contribution in [3.05, 3.63) is 65.7 Å². The van der Waals surface area contributed by atoms with Crippen LogP contribution in [0.2, 0.25) is 0 Å². The number of nitrogens with zero attached hydrogens (tertiary/aromatic N) is 1. The Morgan fingerprint density at radius 2 is 1.64 bits per heavy atom. The van der Waals surface area contributed by atoms with Crippen molar-refractivity contribution >= 4 is 11.6 Å². The second kappa shape index (κ2) is 7.23. The molecule has 2 aromatic carbocycles. The number of methoxy groups -OCH3 is 1. The van der Waals surface area contributed by atoms with Crippen LogP contribution >= 0.6 is 0 Å². The third kappa shape index (κ3) is 3.55. The summed E-state index contributed by atoms with van der Waals surface area (Å²) in [6.07, 6.45) is -0.589. The molecule has 2 rings (SSSR count). The fourth-order valence-electron chi connectivity index (χ4n) is 2.40. The predicted molar refractivity (Wildman–Crippen MR) is 90.1 cm³/mol. The average molecular weight is 297 g/mol. The van der Waals surface area contributed by atoms with Gasteiger partial charge < -0.3 is 9.64 Å². The Morgan fingerprint density at radius 1 is 1.00 bits per heavy atom. The minimum atomic E-state index is -0.589. The van der Waals surface area contributed by atoms with E-state index in [2.05, 4.69) is 26.0 Å². The van der Waals surface area contributed by atoms with Crippen LogP contribution in [0.1, 0.15) is 37.0 Å². The van der Waals surface area contributed by atoms with Gasteiger partial charge >= 0.3 is 0 Å². The van der Waals surface area contributed by atoms with Crippen molar-refractivity contribution < 1.29 is 9.53 Å². The van der Waals surface area contributed by atoms with Crippen LogP contribution < -0.4 is 4.90 Å². The summed E-state index contributed by atoms with van der Waals surface area (Å²) in [5.74, 6) is 0.352. The lowest BCUT2D eigenvalue weighted by atomic mass is 10.0. The Balaban J connectivity index is 2.26. The molecular formula is C19H23NO2. The number of anilines is 1. The number of carbonyl (C=O) groups excluding carboxylic acids is 1. The standard InChI is InChI=1S/C19H23NO2/c1-14(2)16-11-8-12-17(13-16)20(3)19(21)18(22-4)15-9-6-5-7-10-15/h5-14,18H,1-4H3/t18-/m1/s1. The first-order valence-corrected chi connectivity index (χ1v) is 7.50. The normalized spacial score (nSPS) is 12.2. The van der Waals surface area contributed by atoms with E-state index in [-0.39, 0.29) is 5.91 Å². The van der Waals surface area contributed by atoms with Crippen LogP contribution in [0.3, 0.4) is 0 Å². The summed E-state index contributed by atoms with van der Waals surface area (Å²) in [4.78, 5) is 14.4. The SMILES string of the molecule is CO[C@@H](C(=O)N(C)c1cccc(C(C)C)c1)c1ccccc1. The lowest BCUT2D eigenvalue weighted by Gasteiger charge is -2.24. The first-order valence-electron chi connectivity index (χ1n) is 7.50. The number of ether oxygens (including phenoxy) is 1. The van der Waals surface area contributed by atoms with Gasteiger partial charge in [-0.25, -0.2) is 0 Å². The number of amides is 1. The molecule has 0 heterocycles. The molecule has 0 saturated carbocycles. The molecule has 116 valence electrons. The minimum absolute atomic E-state index is 0.0744. The molecule has 3 heteroatoms. The molecule has 0 bridgehead atoms. The average Bonchev–Trinajstić information content (AvgIpc) is 2.55. The van der Waals surface area contributed by atoms with E-state index < -0.39 is 6.10 Å². The van der Waals surface area contributed by atoms with Crippen molar-refractivity contribution in [3.8, 4) is 0 Å². The van der Waals surface area contributed by atoms with E-state index in [0.717, 1.165) is 11.3 Å². The summed E-state index contributed by atoms with van der Waals surface area (Å²) in [7, 11) is 3.35. The minimum Gasteiger partial charge on any atom is -0.367 e. The van der Waals surface area contributed by atoms with Crippen LogP contribution in [0.4, 0.5) is 5.69 Å². The number of hydrogen-bond acceptors (Lipinski definition) is 2. The van der Waals surface area contributed by atoms with Crippen LogP contribution in [0.25, 0.3) is 0 Å². The second-order valence-corrected chi connectivity index (χ2v) is 5.67. The maximum Gasteiger partial charge on any atom is 0.260 e. The van der Waals surface area contributed by atoms with Crippen LogP contribution in [0.15, 0.2) is 54.6 Å². The van der Waals surface area contributed by atoms with Gasteiger partial charge in [0.15, 0.2) is 6.10 Å². The summed E-state index contributed by atoms with van der Waals surface area (Å²) in [5, 5.41) is 0. The lowest BCUT2D eigenvalue weighted by molar-refractivity contribution is -0.128. The van der Waals surface area contributed by atoms with Crippen molar-refractivity contribution in [1.29, 1.82) is 0 Å². The van der Waals surface area contributed by atoms with Crippen LogP contribution in [-0.4, -0.2) is 20.1 Å². The summed E-state index contributed by atoms with van der Waals surface area (Å²) in [6, 6.07) is 17.6. The van der Waals surface area contributed by atoms with E-state index in [9.17, 15) is 4.79 Å². The van der Waals surface area contributed by atoms with Crippen molar-refractivity contribution in [1.82, 2.24) is 0 Å². The molecule has 0 fully saturated rings. The van der Waals surface area contributed by atoms with Gasteiger partial charge in [0, 0.05) is 19.8 Å². The van der Waals surface area contributed by atoms with Gasteiger partial charge in [0.1, 0.15) is 0 Å². The molecule has 0 aliphatic carbocycles. The smallest absolute Gasteiger partial charge is 0.260 e. The summed E-state index contributed by atoms with van der Waals surface area (Å²) >= 11 is 0. The zero-order chi connectivity index (χ0) is 16.1. The highest BCUT2D eigenvalue weighted by Gasteiger charge is 2.24. The molecule has 0 saturated heterocycles. The molecule has 0 N–H and O–H groups in total. The number of likely N-dealkylation sites (N-methyl/N-ethyl adjacent to an activating group) is 1. The van der Waals surface area contributed by atoms with Crippen molar-refractivity contribution in [2.45, 2.75) is 25.9 Å². The lowest BCUT2D eigenvalue weighted by Crippen LogP contribution is -2.32. The molecule has 0 aromatic heterocycles. The van der Waals surface area contributed by atoms with E-state index in [4.69, 9.17) is 4.74 Å². The summed E-state index contributed by atoms with van der Waals surface area (Å²) in [6.45, 7) is 4.28. The number of benzene rings is 2. The summed E-state index contributed by atoms with van der Waals surface area (Å²) in [5.41, 5.74) is 2.96. The fourth-order valence-corrected chi connectivity index (χ4v) is 2.40. The van der Waals surface area contributed by atoms with Gasteiger partial charge in [0.2, 0.25) is 0 Å². The third-order valence-corrected chi connectivity index (χ3v) is 3.82. The van der Waals surface area contributed by atoms with E-state index >= 15 is 0 Å². The van der Waals surface area contributed by atoms with E-state index in [1.807, 2.05) is 42.5 Å². The molecule has 0 radical (unpaired) electrons. The number of carbonyl (C=O) groups is 1. The number of hydrogen-bond donors (Lipinski definition) is 0. The first-order chi connectivity index (χ1) is 10.5. The quantitative estimate of drug-likeness (QED) is 0.829. The van der Waals surface area contributed by atoms with Crippen LogP contribution in [0.5, 0.6) is 0 Å². The van der Waals surface area contributed by atoms with Crippen molar-refractivity contribution in [2.24, 2.45) is 0 Å². The van der Waals surface area contributed by atoms with Gasteiger partial charge in [-0.1, -0.05) is 56.3 Å². The third-order valence-electron chi connectivity index (χ3n) is 3.82. The zero-order valence-corrected chi connectivity index (χ0v) is 13.6. The van der Waals surface area contributed by atoms with E-state index in [0.29, 0.717) is 5.92 Å². The predicted octanol–water partition coefficient (Wildman–Crippen LogP) is 4.16. The summed E-state index contributed by atoms with van der Waals surface area (Å²) < 4.78 is 5.43. The number of rotatable bonds is 5. The van der Waals surface area contributed by atoms with Crippen LogP contribution in [-0.2, 0) is 9.53 Å². The van der Waals surface area contributed by atoms with Gasteiger partial charge in [0.05, 0.1) is 0 Å². The Morgan fingerprint density at radius 3 is 2.23 bits per heavy atom. The topological polar surface area (TPSA) is 29.5 Å². The second-order valence-electron chi connectivity index (χ2n) is 5.67. The highest BCUT2D eigenvalue weighted by Crippen LogP contribution is 2.25. The molecule has 0 aliphatic heterocycles. The van der Waals surface area contributed by atoms with E-state index in [1.54, 1.807) is 19.1 Å². The van der Waals surface area contributed by atoms with Gasteiger partial charge in [-0.3, -0.25) is 4.79 Å². The van der Waals surface area contributed by atoms with E-state index in [1.165, 1.54) is 5.56 Å². The Labute approximate surface area is 132 Å². The Bertz CT molecular complexity index is 622. The highest BCUT2D eigenvalue weighted by molar-refractivity contribution is 5.96. The molecule has 0 unspecified atom stereocenters. The molecule has 1 atom stereocenters. The molecule has 3 nitrogen and oxygen atoms in total. The van der Waals surface area contributed by atoms with Crippen molar-refractivity contribution in [2.75, 3.05) is 19.1 Å². The molecular weight excluding hydrogens is 274 g/mol. The maximum atomic E-state index is 12.8. The monoisotopic (exact) mass is 297 g/mol. The zero-order valence-electron chi connectivity index (χ0n) is 13.6. The maximum absolute atomic E-state index is 12.8. The molecule has 2 aromatic rings. The molecule has 0 spiro atoms. The molecule has 1 amide bonds. The first kappa shape index (κ1) is 16.2. The fraction of sp³-hybridized carbons (Fsp3) is 0.316. The molecule has 0 aliphatic rings. The van der Waals surface area contributed by atoms with Gasteiger partial charge in [-0.15, -0.1) is 0 Å². The van der Waals surface area contributed by atoms with Gasteiger partial charge in [-0.05, 0) is 29.2 Å². The van der Waals surface area contributed by atoms with Gasteiger partial charge in [-0.2, -0.15) is 0 Å². The van der Waals surface area contributed by atoms with Gasteiger partial charge in [0.25, 0.3) is 5.91 Å². The largest absolute Gasteiger partial charge is 0.367 e. The van der Waals surface area contributed by atoms with Crippen LogP contribution in [0, 0.1) is 0 Å². The Hall–Kier alpha value is -2.13. The van der Waals surface area contributed by atoms with Crippen molar-refractivity contribution in [3.63, 3.8) is 0 Å². The Kier molecular flexibility index (Phi) is 5.34. The highest BCUT2D eigenvalue weighted by atomic mass is 16.5.